The summed E-state index contributed by atoms with van der Waals surface area (Å²) in [5, 5.41) is 24.0. The minimum absolute atomic E-state index is 0.0475. The molecule has 8 nitrogen and oxygen atoms in total. The van der Waals surface area contributed by atoms with Crippen molar-refractivity contribution >= 4 is 28.2 Å². The molecule has 0 N–H and O–H groups in total. The summed E-state index contributed by atoms with van der Waals surface area (Å²) in [6, 6.07) is 16.2. The number of allylic oxidation sites excluding steroid dienone is 1. The zero-order valence-electron chi connectivity index (χ0n) is 16.0. The zero-order valence-corrected chi connectivity index (χ0v) is 16.0. The van der Waals surface area contributed by atoms with Crippen LogP contribution >= 0.6 is 0 Å². The van der Waals surface area contributed by atoms with Crippen molar-refractivity contribution in [1.29, 1.82) is 0 Å². The van der Waals surface area contributed by atoms with Crippen molar-refractivity contribution in [2.75, 3.05) is 0 Å². The third-order valence-corrected chi connectivity index (χ3v) is 5.44. The van der Waals surface area contributed by atoms with Crippen LogP contribution in [0.4, 0.5) is 11.4 Å². The molecule has 0 radical (unpaired) electrons. The third-order valence-electron chi connectivity index (χ3n) is 5.44. The second-order valence-corrected chi connectivity index (χ2v) is 7.17. The number of hydrogen-bond donors (Lipinski definition) is 0. The molecule has 1 atom stereocenters. The normalized spacial score (nSPS) is 14.5. The summed E-state index contributed by atoms with van der Waals surface area (Å²) in [5.74, 6) is -0.142. The Morgan fingerprint density at radius 2 is 1.55 bits per heavy atom. The molecule has 150 valence electrons. The highest BCUT2D eigenvalue weighted by atomic mass is 16.6. The summed E-state index contributed by atoms with van der Waals surface area (Å²) in [6.45, 7) is 0. The molecule has 5 rings (SSSR count). The van der Waals surface area contributed by atoms with Crippen LogP contribution in [0.25, 0.3) is 28.1 Å². The maximum absolute atomic E-state index is 10.9. The summed E-state index contributed by atoms with van der Waals surface area (Å²) >= 11 is 0. The first kappa shape index (κ1) is 18.6. The number of rotatable bonds is 4. The molecule has 0 spiro atoms. The Bertz CT molecular complexity index is 1380. The lowest BCUT2D eigenvalue weighted by Gasteiger charge is -2.22. The van der Waals surface area contributed by atoms with E-state index in [0.717, 1.165) is 33.2 Å². The van der Waals surface area contributed by atoms with E-state index in [4.69, 9.17) is 0 Å². The molecule has 0 saturated carbocycles. The predicted octanol–water partition coefficient (Wildman–Crippen LogP) is 5.27. The molecular weight excluding hydrogens is 396 g/mol. The molecule has 1 unspecified atom stereocenters. The standard InChI is InChI=1S/C23H14N4O4/c28-26(29)15-5-10-21(24-12-15)17-7-4-14-2-1-3-19-18(8-9-20(17)23(14)19)22-11-6-16(13-25-22)27(30)31/h1-13,18H. The predicted molar refractivity (Wildman–Crippen MR) is 116 cm³/mol. The van der Waals surface area contributed by atoms with E-state index in [1.54, 1.807) is 12.1 Å². The monoisotopic (exact) mass is 410 g/mol. The van der Waals surface area contributed by atoms with Crippen LogP contribution in [0.3, 0.4) is 0 Å². The lowest BCUT2D eigenvalue weighted by Crippen LogP contribution is -2.06. The van der Waals surface area contributed by atoms with Gasteiger partial charge in [0.25, 0.3) is 11.4 Å². The largest absolute Gasteiger partial charge is 0.287 e. The highest BCUT2D eigenvalue weighted by Crippen LogP contribution is 2.41. The molecule has 2 aromatic carbocycles. The fraction of sp³-hybridized carbons (Fsp3) is 0.0435. The lowest BCUT2D eigenvalue weighted by molar-refractivity contribution is -0.385. The molecule has 0 saturated heterocycles. The number of benzene rings is 2. The maximum Gasteiger partial charge on any atom is 0.287 e. The van der Waals surface area contributed by atoms with Gasteiger partial charge in [-0.25, -0.2) is 4.98 Å². The fourth-order valence-electron chi connectivity index (χ4n) is 3.99. The summed E-state index contributed by atoms with van der Waals surface area (Å²) in [6.07, 6.45) is 6.55. The molecule has 0 amide bonds. The first-order chi connectivity index (χ1) is 15.0. The molecule has 1 aliphatic carbocycles. The van der Waals surface area contributed by atoms with Crippen molar-refractivity contribution in [2.45, 2.75) is 5.92 Å². The molecule has 4 aromatic rings. The van der Waals surface area contributed by atoms with Crippen LogP contribution in [0.5, 0.6) is 0 Å². The Hall–Kier alpha value is -4.46. The van der Waals surface area contributed by atoms with Crippen molar-refractivity contribution in [3.05, 3.63) is 110 Å². The lowest BCUT2D eigenvalue weighted by atomic mass is 9.82. The number of aromatic nitrogens is 2. The van der Waals surface area contributed by atoms with E-state index in [-0.39, 0.29) is 17.3 Å². The summed E-state index contributed by atoms with van der Waals surface area (Å²) in [4.78, 5) is 29.6. The fourth-order valence-corrected chi connectivity index (χ4v) is 3.99. The van der Waals surface area contributed by atoms with Crippen LogP contribution in [-0.2, 0) is 0 Å². The second kappa shape index (κ2) is 7.10. The van der Waals surface area contributed by atoms with Crippen molar-refractivity contribution in [3.8, 4) is 11.3 Å². The minimum atomic E-state index is -0.471. The maximum atomic E-state index is 10.9. The van der Waals surface area contributed by atoms with Crippen LogP contribution in [0, 0.1) is 20.2 Å². The van der Waals surface area contributed by atoms with E-state index in [2.05, 4.69) is 9.97 Å². The SMILES string of the molecule is O=[N+]([O-])c1ccc(-c2ccc3cccc4c3c2C=CC4c2ccc([N+](=O)[O-])cn2)nc1. The number of hydrogen-bond acceptors (Lipinski definition) is 6. The highest BCUT2D eigenvalue weighted by Gasteiger charge is 2.23. The molecule has 8 heteroatoms. The molecule has 1 aliphatic rings. The summed E-state index contributed by atoms with van der Waals surface area (Å²) in [7, 11) is 0. The van der Waals surface area contributed by atoms with Crippen molar-refractivity contribution in [2.24, 2.45) is 0 Å². The van der Waals surface area contributed by atoms with Gasteiger partial charge >= 0.3 is 0 Å². The van der Waals surface area contributed by atoms with Crippen LogP contribution in [0.1, 0.15) is 22.7 Å². The van der Waals surface area contributed by atoms with Gasteiger partial charge in [0.15, 0.2) is 0 Å². The number of pyridine rings is 2. The quantitative estimate of drug-likeness (QED) is 0.334. The first-order valence-corrected chi connectivity index (χ1v) is 9.48. The highest BCUT2D eigenvalue weighted by molar-refractivity contribution is 6.01. The smallest absolute Gasteiger partial charge is 0.258 e. The number of nitrogens with zero attached hydrogens (tertiary/aromatic N) is 4. The Balaban J connectivity index is 1.64. The number of nitro groups is 2. The van der Waals surface area contributed by atoms with E-state index >= 15 is 0 Å². The molecular formula is C23H14N4O4. The zero-order chi connectivity index (χ0) is 21.5. The van der Waals surface area contributed by atoms with Gasteiger partial charge in [-0.05, 0) is 34.0 Å². The van der Waals surface area contributed by atoms with E-state index in [1.165, 1.54) is 24.5 Å². The van der Waals surface area contributed by atoms with Crippen molar-refractivity contribution in [3.63, 3.8) is 0 Å². The van der Waals surface area contributed by atoms with Gasteiger partial charge in [0.1, 0.15) is 12.4 Å². The minimum Gasteiger partial charge on any atom is -0.258 e. The Morgan fingerprint density at radius 3 is 2.19 bits per heavy atom. The average Bonchev–Trinajstić information content (AvgIpc) is 2.80. The van der Waals surface area contributed by atoms with Gasteiger partial charge in [0.2, 0.25) is 0 Å². The Kier molecular flexibility index (Phi) is 4.25. The van der Waals surface area contributed by atoms with Gasteiger partial charge in [-0.15, -0.1) is 0 Å². The molecule has 2 heterocycles. The average molecular weight is 410 g/mol. The molecule has 0 aliphatic heterocycles. The molecule has 2 aromatic heterocycles. The van der Waals surface area contributed by atoms with Gasteiger partial charge in [0.05, 0.1) is 21.2 Å². The van der Waals surface area contributed by atoms with Gasteiger partial charge in [0, 0.05) is 23.6 Å². The van der Waals surface area contributed by atoms with Crippen LogP contribution < -0.4 is 0 Å². The van der Waals surface area contributed by atoms with E-state index in [0.29, 0.717) is 5.69 Å². The molecule has 31 heavy (non-hydrogen) atoms. The van der Waals surface area contributed by atoms with Gasteiger partial charge in [-0.2, -0.15) is 0 Å². The first-order valence-electron chi connectivity index (χ1n) is 9.48. The van der Waals surface area contributed by atoms with Gasteiger partial charge in [-0.3, -0.25) is 25.2 Å². The van der Waals surface area contributed by atoms with Crippen LogP contribution in [-0.4, -0.2) is 19.8 Å². The van der Waals surface area contributed by atoms with Crippen molar-refractivity contribution in [1.82, 2.24) is 9.97 Å². The molecule has 0 bridgehead atoms. The van der Waals surface area contributed by atoms with Crippen LogP contribution in [0.15, 0.2) is 73.1 Å². The van der Waals surface area contributed by atoms with E-state index in [1.807, 2.05) is 42.5 Å². The van der Waals surface area contributed by atoms with Gasteiger partial charge < -0.3 is 0 Å². The second-order valence-electron chi connectivity index (χ2n) is 7.17. The van der Waals surface area contributed by atoms with Gasteiger partial charge in [-0.1, -0.05) is 42.5 Å². The van der Waals surface area contributed by atoms with E-state index in [9.17, 15) is 20.2 Å². The third kappa shape index (κ3) is 3.10. The Labute approximate surface area is 175 Å². The Morgan fingerprint density at radius 1 is 0.806 bits per heavy atom. The molecule has 0 fully saturated rings. The van der Waals surface area contributed by atoms with Crippen molar-refractivity contribution < 1.29 is 9.85 Å². The van der Waals surface area contributed by atoms with Crippen LogP contribution in [0.2, 0.25) is 0 Å². The summed E-state index contributed by atoms with van der Waals surface area (Å²) in [5.41, 5.74) is 4.16. The summed E-state index contributed by atoms with van der Waals surface area (Å²) < 4.78 is 0. The van der Waals surface area contributed by atoms with E-state index < -0.39 is 9.85 Å². The topological polar surface area (TPSA) is 112 Å².